The van der Waals surface area contributed by atoms with Gasteiger partial charge in [0.1, 0.15) is 0 Å². The molecule has 0 aliphatic carbocycles. The number of anilines is 1. The summed E-state index contributed by atoms with van der Waals surface area (Å²) in [5.41, 5.74) is 2.88. The fourth-order valence-electron chi connectivity index (χ4n) is 1.77. The maximum Gasteiger partial charge on any atom is 0.0991 e. The third-order valence-corrected chi connectivity index (χ3v) is 3.97. The molecule has 0 bridgehead atoms. The summed E-state index contributed by atoms with van der Waals surface area (Å²) in [6.07, 6.45) is 0. The molecule has 2 rings (SSSR count). The van der Waals surface area contributed by atoms with Crippen LogP contribution in [0.25, 0.3) is 0 Å². The molecule has 1 atom stereocenters. The average molecular weight is 383 g/mol. The number of hydrogen-bond donors (Lipinski definition) is 1. The van der Waals surface area contributed by atoms with Crippen molar-refractivity contribution in [2.24, 2.45) is 0 Å². The summed E-state index contributed by atoms with van der Waals surface area (Å²) < 4.78 is 1.09. The lowest BCUT2D eigenvalue weighted by Gasteiger charge is -2.17. The van der Waals surface area contributed by atoms with Crippen LogP contribution in [-0.4, -0.2) is 0 Å². The molecule has 0 aliphatic heterocycles. The van der Waals surface area contributed by atoms with Gasteiger partial charge >= 0.3 is 0 Å². The van der Waals surface area contributed by atoms with E-state index in [1.807, 2.05) is 42.5 Å². The smallest absolute Gasteiger partial charge is 0.0991 e. The minimum Gasteiger partial charge on any atom is -0.378 e. The van der Waals surface area contributed by atoms with Gasteiger partial charge in [0.25, 0.3) is 0 Å². The first-order valence-electron chi connectivity index (χ1n) is 5.82. The topological polar surface area (TPSA) is 35.8 Å². The number of benzene rings is 2. The minimum absolute atomic E-state index is 0.169. The van der Waals surface area contributed by atoms with E-state index in [1.165, 1.54) is 0 Å². The normalized spacial score (nSPS) is 11.7. The van der Waals surface area contributed by atoms with Crippen LogP contribution in [0, 0.1) is 14.9 Å². The summed E-state index contributed by atoms with van der Waals surface area (Å²) in [7, 11) is 0. The lowest BCUT2D eigenvalue weighted by Crippen LogP contribution is -2.07. The van der Waals surface area contributed by atoms with Gasteiger partial charge in [0.2, 0.25) is 0 Å². The number of hydrogen-bond acceptors (Lipinski definition) is 2. The van der Waals surface area contributed by atoms with E-state index in [1.54, 1.807) is 0 Å². The van der Waals surface area contributed by atoms with Crippen LogP contribution >= 0.6 is 34.2 Å². The van der Waals surface area contributed by atoms with E-state index >= 15 is 0 Å². The molecule has 19 heavy (non-hydrogen) atoms. The molecule has 2 nitrogen and oxygen atoms in total. The Kier molecular flexibility index (Phi) is 4.67. The molecule has 0 aliphatic rings. The second-order valence-corrected chi connectivity index (χ2v) is 5.82. The highest BCUT2D eigenvalue weighted by Crippen LogP contribution is 2.26. The molecule has 1 N–H and O–H groups in total. The Bertz CT molecular complexity index is 617. The minimum atomic E-state index is 0.169. The van der Waals surface area contributed by atoms with Crippen LogP contribution in [0.5, 0.6) is 0 Å². The first-order valence-corrected chi connectivity index (χ1v) is 7.27. The third kappa shape index (κ3) is 3.62. The largest absolute Gasteiger partial charge is 0.378 e. The van der Waals surface area contributed by atoms with Crippen molar-refractivity contribution in [3.63, 3.8) is 0 Å². The van der Waals surface area contributed by atoms with Crippen LogP contribution in [0.15, 0.2) is 42.5 Å². The van der Waals surface area contributed by atoms with Crippen LogP contribution in [0.2, 0.25) is 5.02 Å². The summed E-state index contributed by atoms with van der Waals surface area (Å²) in [4.78, 5) is 0. The molecule has 0 radical (unpaired) electrons. The number of rotatable bonds is 3. The maximum atomic E-state index is 8.79. The van der Waals surface area contributed by atoms with E-state index in [4.69, 9.17) is 16.9 Å². The Morgan fingerprint density at radius 1 is 1.21 bits per heavy atom. The van der Waals surface area contributed by atoms with Crippen LogP contribution in [0.4, 0.5) is 5.69 Å². The molecular weight excluding hydrogens is 371 g/mol. The Morgan fingerprint density at radius 2 is 1.89 bits per heavy atom. The first-order chi connectivity index (χ1) is 9.10. The van der Waals surface area contributed by atoms with Crippen molar-refractivity contribution >= 4 is 39.9 Å². The van der Waals surface area contributed by atoms with E-state index in [2.05, 4.69) is 40.9 Å². The van der Waals surface area contributed by atoms with Crippen molar-refractivity contribution < 1.29 is 0 Å². The monoisotopic (exact) mass is 382 g/mol. The predicted octanol–water partition coefficient (Wildman–Crippen LogP) is 4.99. The first kappa shape index (κ1) is 14.2. The van der Waals surface area contributed by atoms with Gasteiger partial charge in [0.15, 0.2) is 0 Å². The molecule has 4 heteroatoms. The van der Waals surface area contributed by atoms with Crippen LogP contribution in [-0.2, 0) is 0 Å². The van der Waals surface area contributed by atoms with Crippen molar-refractivity contribution in [2.45, 2.75) is 13.0 Å². The molecule has 0 aromatic heterocycles. The van der Waals surface area contributed by atoms with Crippen LogP contribution < -0.4 is 5.32 Å². The standard InChI is InChI=1S/C15H12ClIN2/c1-10(12-4-2-11(9-18)3-5-12)19-15-7-6-13(16)8-14(15)17/h2-8,10,19H,1H3. The highest BCUT2D eigenvalue weighted by atomic mass is 127. The molecule has 0 spiro atoms. The van der Waals surface area contributed by atoms with Gasteiger partial charge < -0.3 is 5.32 Å². The molecule has 2 aromatic rings. The van der Waals surface area contributed by atoms with Crippen molar-refractivity contribution in [1.82, 2.24) is 0 Å². The molecule has 0 saturated carbocycles. The van der Waals surface area contributed by atoms with E-state index in [-0.39, 0.29) is 6.04 Å². The number of nitriles is 1. The summed E-state index contributed by atoms with van der Waals surface area (Å²) in [5, 5.41) is 13.0. The molecule has 96 valence electrons. The summed E-state index contributed by atoms with van der Waals surface area (Å²) >= 11 is 8.20. The summed E-state index contributed by atoms with van der Waals surface area (Å²) in [6, 6.07) is 15.7. The second kappa shape index (κ2) is 6.27. The van der Waals surface area contributed by atoms with Gasteiger partial charge in [-0.05, 0) is 65.4 Å². The second-order valence-electron chi connectivity index (χ2n) is 4.22. The van der Waals surface area contributed by atoms with Crippen LogP contribution in [0.1, 0.15) is 24.1 Å². The lowest BCUT2D eigenvalue weighted by atomic mass is 10.1. The Hall–Kier alpha value is -1.25. The van der Waals surface area contributed by atoms with Gasteiger partial charge in [-0.15, -0.1) is 0 Å². The van der Waals surface area contributed by atoms with Crippen molar-refractivity contribution in [3.05, 3.63) is 62.2 Å². The number of nitrogens with zero attached hydrogens (tertiary/aromatic N) is 1. The quantitative estimate of drug-likeness (QED) is 0.759. The maximum absolute atomic E-state index is 8.79. The van der Waals surface area contributed by atoms with Gasteiger partial charge in [-0.1, -0.05) is 23.7 Å². The highest BCUT2D eigenvalue weighted by molar-refractivity contribution is 14.1. The number of halogens is 2. The van der Waals surface area contributed by atoms with Crippen molar-refractivity contribution in [2.75, 3.05) is 5.32 Å². The van der Waals surface area contributed by atoms with E-state index in [0.717, 1.165) is 19.8 Å². The average Bonchev–Trinajstić information content (AvgIpc) is 2.42. The van der Waals surface area contributed by atoms with E-state index < -0.39 is 0 Å². The zero-order chi connectivity index (χ0) is 13.8. The Balaban J connectivity index is 2.16. The third-order valence-electron chi connectivity index (χ3n) is 2.84. The molecule has 0 heterocycles. The zero-order valence-corrected chi connectivity index (χ0v) is 13.2. The number of nitrogens with one attached hydrogen (secondary N) is 1. The fourth-order valence-corrected chi connectivity index (χ4v) is 2.80. The molecule has 0 amide bonds. The zero-order valence-electron chi connectivity index (χ0n) is 10.3. The van der Waals surface area contributed by atoms with Gasteiger partial charge in [-0.3, -0.25) is 0 Å². The van der Waals surface area contributed by atoms with E-state index in [0.29, 0.717) is 5.56 Å². The van der Waals surface area contributed by atoms with E-state index in [9.17, 15) is 0 Å². The van der Waals surface area contributed by atoms with Gasteiger partial charge in [-0.25, -0.2) is 0 Å². The Labute approximate surface area is 131 Å². The molecule has 0 saturated heterocycles. The SMILES string of the molecule is CC(Nc1ccc(Cl)cc1I)c1ccc(C#N)cc1. The Morgan fingerprint density at radius 3 is 2.47 bits per heavy atom. The summed E-state index contributed by atoms with van der Waals surface area (Å²) in [6.45, 7) is 2.09. The van der Waals surface area contributed by atoms with Gasteiger partial charge in [-0.2, -0.15) is 5.26 Å². The predicted molar refractivity (Wildman–Crippen MR) is 87.4 cm³/mol. The molecule has 2 aromatic carbocycles. The van der Waals surface area contributed by atoms with Crippen molar-refractivity contribution in [1.29, 1.82) is 5.26 Å². The van der Waals surface area contributed by atoms with Gasteiger partial charge in [0.05, 0.1) is 11.6 Å². The molecule has 1 unspecified atom stereocenters. The van der Waals surface area contributed by atoms with Gasteiger partial charge in [0, 0.05) is 20.3 Å². The highest BCUT2D eigenvalue weighted by Gasteiger charge is 2.07. The summed E-state index contributed by atoms with van der Waals surface area (Å²) in [5.74, 6) is 0. The fraction of sp³-hybridized carbons (Fsp3) is 0.133. The van der Waals surface area contributed by atoms with Crippen molar-refractivity contribution in [3.8, 4) is 6.07 Å². The lowest BCUT2D eigenvalue weighted by molar-refractivity contribution is 0.883. The molecule has 0 fully saturated rings. The van der Waals surface area contributed by atoms with Crippen LogP contribution in [0.3, 0.4) is 0 Å². The molecular formula is C15H12ClIN2.